The zero-order valence-electron chi connectivity index (χ0n) is 19.7. The number of esters is 1. The topological polar surface area (TPSA) is 105 Å². The van der Waals surface area contributed by atoms with Crippen molar-refractivity contribution in [3.05, 3.63) is 46.7 Å². The number of aliphatic hydroxyl groups excluding tert-OH is 1. The van der Waals surface area contributed by atoms with Gasteiger partial charge >= 0.3 is 5.97 Å². The number of aromatic nitrogens is 3. The molecule has 35 heavy (non-hydrogen) atoms. The highest BCUT2D eigenvalue weighted by atomic mass is 79.9. The van der Waals surface area contributed by atoms with E-state index < -0.39 is 5.97 Å². The molecule has 0 aliphatic heterocycles. The summed E-state index contributed by atoms with van der Waals surface area (Å²) in [7, 11) is 1.31. The van der Waals surface area contributed by atoms with Gasteiger partial charge in [0.2, 0.25) is 5.88 Å². The second kappa shape index (κ2) is 12.3. The van der Waals surface area contributed by atoms with Crippen LogP contribution in [-0.2, 0) is 9.47 Å². The smallest absolute Gasteiger partial charge is 0.356 e. The van der Waals surface area contributed by atoms with E-state index in [0.29, 0.717) is 44.3 Å². The Morgan fingerprint density at radius 1 is 1.11 bits per heavy atom. The average Bonchev–Trinajstić information content (AvgIpc) is 3.30. The number of halogens is 1. The summed E-state index contributed by atoms with van der Waals surface area (Å²) in [5, 5.41) is 15.2. The van der Waals surface area contributed by atoms with Gasteiger partial charge in [-0.25, -0.2) is 9.78 Å². The number of aliphatic hydroxyl groups is 1. The predicted octanol–water partition coefficient (Wildman–Crippen LogP) is 4.18. The number of methoxy groups -OCH3 is 1. The monoisotopic (exact) mass is 547 g/mol. The van der Waals surface area contributed by atoms with Crippen LogP contribution in [0.3, 0.4) is 0 Å². The number of carbonyl (C=O) groups is 1. The number of benzene rings is 1. The van der Waals surface area contributed by atoms with Gasteiger partial charge in [0.25, 0.3) is 0 Å². The molecule has 0 bridgehead atoms. The van der Waals surface area contributed by atoms with Gasteiger partial charge in [-0.15, -0.1) is 0 Å². The molecule has 188 valence electrons. The Bertz CT molecular complexity index is 1130. The van der Waals surface area contributed by atoms with Crippen LogP contribution in [0.25, 0.3) is 10.9 Å². The van der Waals surface area contributed by atoms with E-state index >= 15 is 0 Å². The summed E-state index contributed by atoms with van der Waals surface area (Å²) in [5.74, 6) is 0.972. The Kier molecular flexibility index (Phi) is 8.95. The zero-order valence-corrected chi connectivity index (χ0v) is 21.3. The molecule has 1 aromatic carbocycles. The summed E-state index contributed by atoms with van der Waals surface area (Å²) in [6.45, 7) is 1.71. The fraction of sp³-hybridized carbons (Fsp3) is 0.480. The average molecular weight is 548 g/mol. The van der Waals surface area contributed by atoms with Crippen LogP contribution in [0.4, 0.5) is 0 Å². The summed E-state index contributed by atoms with van der Waals surface area (Å²) in [6, 6.07) is 9.26. The summed E-state index contributed by atoms with van der Waals surface area (Å²) in [5.41, 5.74) is 1.09. The minimum atomic E-state index is -0.509. The van der Waals surface area contributed by atoms with Crippen LogP contribution in [0.5, 0.6) is 11.6 Å². The molecule has 4 rings (SSSR count). The lowest BCUT2D eigenvalue weighted by Gasteiger charge is -2.27. The third-order valence-electron chi connectivity index (χ3n) is 6.11. The van der Waals surface area contributed by atoms with Gasteiger partial charge in [0, 0.05) is 30.3 Å². The van der Waals surface area contributed by atoms with E-state index in [1.54, 1.807) is 18.2 Å². The molecule has 0 atom stereocenters. The number of pyridine rings is 1. The molecule has 0 saturated heterocycles. The van der Waals surface area contributed by atoms with Crippen molar-refractivity contribution in [1.29, 1.82) is 0 Å². The summed E-state index contributed by atoms with van der Waals surface area (Å²) in [6.07, 6.45) is 6.25. The van der Waals surface area contributed by atoms with E-state index in [9.17, 15) is 9.90 Å². The fourth-order valence-electron chi connectivity index (χ4n) is 4.16. The first-order valence-corrected chi connectivity index (χ1v) is 12.5. The Hall–Kier alpha value is -2.69. The lowest BCUT2D eigenvalue weighted by atomic mass is 9.87. The number of hydrogen-bond acceptors (Lipinski definition) is 8. The molecule has 1 aliphatic carbocycles. The highest BCUT2D eigenvalue weighted by Gasteiger charge is 2.23. The highest BCUT2D eigenvalue weighted by Crippen LogP contribution is 2.34. The first-order valence-electron chi connectivity index (χ1n) is 11.8. The molecule has 1 N–H and O–H groups in total. The van der Waals surface area contributed by atoms with Crippen LogP contribution in [0.2, 0.25) is 0 Å². The highest BCUT2D eigenvalue weighted by molar-refractivity contribution is 9.10. The lowest BCUT2D eigenvalue weighted by molar-refractivity contribution is 0.0590. The molecular formula is C25H30BrN3O6. The fourth-order valence-corrected chi connectivity index (χ4v) is 4.64. The van der Waals surface area contributed by atoms with Crippen molar-refractivity contribution in [2.45, 2.75) is 31.7 Å². The quantitative estimate of drug-likeness (QED) is 0.281. The van der Waals surface area contributed by atoms with E-state index in [-0.39, 0.29) is 12.3 Å². The maximum atomic E-state index is 11.5. The van der Waals surface area contributed by atoms with Crippen molar-refractivity contribution in [2.24, 2.45) is 5.92 Å². The van der Waals surface area contributed by atoms with Crippen molar-refractivity contribution in [3.8, 4) is 11.6 Å². The maximum Gasteiger partial charge on any atom is 0.356 e. The van der Waals surface area contributed by atoms with Gasteiger partial charge in [0.15, 0.2) is 5.69 Å². The Morgan fingerprint density at radius 3 is 2.63 bits per heavy atom. The molecular weight excluding hydrogens is 518 g/mol. The van der Waals surface area contributed by atoms with E-state index in [1.807, 2.05) is 12.1 Å². The predicted molar refractivity (Wildman–Crippen MR) is 133 cm³/mol. The molecule has 0 spiro atoms. The molecule has 0 amide bonds. The van der Waals surface area contributed by atoms with Crippen molar-refractivity contribution >= 4 is 32.8 Å². The number of hydrogen-bond donors (Lipinski definition) is 1. The molecule has 1 aliphatic rings. The second-order valence-corrected chi connectivity index (χ2v) is 9.32. The van der Waals surface area contributed by atoms with E-state index in [2.05, 4.69) is 36.5 Å². The van der Waals surface area contributed by atoms with Crippen molar-refractivity contribution < 1.29 is 28.8 Å². The van der Waals surface area contributed by atoms with Crippen LogP contribution in [0.15, 0.2) is 41.0 Å². The normalized spacial score (nSPS) is 17.9. The minimum absolute atomic E-state index is 0.195. The van der Waals surface area contributed by atoms with Crippen LogP contribution < -0.4 is 9.47 Å². The van der Waals surface area contributed by atoms with E-state index in [1.165, 1.54) is 7.11 Å². The molecule has 3 aromatic rings. The third kappa shape index (κ3) is 6.71. The maximum absolute atomic E-state index is 11.5. The Labute approximate surface area is 212 Å². The van der Waals surface area contributed by atoms with Gasteiger partial charge in [-0.3, -0.25) is 4.68 Å². The van der Waals surface area contributed by atoms with Gasteiger partial charge in [-0.05, 0) is 59.7 Å². The van der Waals surface area contributed by atoms with Crippen LogP contribution in [-0.4, -0.2) is 66.0 Å². The van der Waals surface area contributed by atoms with E-state index in [4.69, 9.17) is 19.3 Å². The molecule has 9 nitrogen and oxygen atoms in total. The summed E-state index contributed by atoms with van der Waals surface area (Å²) >= 11 is 3.59. The number of nitrogens with zero attached hydrogens (tertiary/aromatic N) is 3. The molecule has 0 unspecified atom stereocenters. The molecule has 0 radical (unpaired) electrons. The standard InChI is InChI=1S/C25H30BrN3O6/c1-32-25(31)21-3-2-4-24(27-21)35-12-10-33-9-11-34-23-14-22-18(13-20(23)26)15-29(28-22)19-7-5-17(16-30)6-8-19/h2-4,13-15,17,19,30H,5-12,16H2,1H3/t17-,19-. The largest absolute Gasteiger partial charge is 0.490 e. The number of carbonyl (C=O) groups excluding carboxylic acids is 1. The van der Waals surface area contributed by atoms with Gasteiger partial charge in [0.05, 0.1) is 36.4 Å². The van der Waals surface area contributed by atoms with Crippen molar-refractivity contribution in [1.82, 2.24) is 14.8 Å². The number of rotatable bonds is 11. The van der Waals surface area contributed by atoms with E-state index in [0.717, 1.165) is 46.8 Å². The Morgan fingerprint density at radius 2 is 1.89 bits per heavy atom. The lowest BCUT2D eigenvalue weighted by Crippen LogP contribution is -2.20. The van der Waals surface area contributed by atoms with Gasteiger partial charge in [0.1, 0.15) is 19.0 Å². The molecule has 2 aromatic heterocycles. The first kappa shape index (κ1) is 25.4. The van der Waals surface area contributed by atoms with Gasteiger partial charge < -0.3 is 24.1 Å². The molecule has 1 fully saturated rings. The van der Waals surface area contributed by atoms with Gasteiger partial charge in [-0.1, -0.05) is 6.07 Å². The molecule has 2 heterocycles. The Balaban J connectivity index is 1.21. The van der Waals surface area contributed by atoms with Crippen LogP contribution >= 0.6 is 15.9 Å². The van der Waals surface area contributed by atoms with Crippen molar-refractivity contribution in [3.63, 3.8) is 0 Å². The molecule has 1 saturated carbocycles. The first-order chi connectivity index (χ1) is 17.1. The minimum Gasteiger partial charge on any atom is -0.490 e. The summed E-state index contributed by atoms with van der Waals surface area (Å²) in [4.78, 5) is 15.6. The second-order valence-electron chi connectivity index (χ2n) is 8.47. The van der Waals surface area contributed by atoms with Crippen LogP contribution in [0.1, 0.15) is 42.2 Å². The third-order valence-corrected chi connectivity index (χ3v) is 6.72. The summed E-state index contributed by atoms with van der Waals surface area (Å²) < 4.78 is 24.6. The molecule has 10 heteroatoms. The van der Waals surface area contributed by atoms with Crippen LogP contribution in [0, 0.1) is 5.92 Å². The number of ether oxygens (including phenoxy) is 4. The van der Waals surface area contributed by atoms with Gasteiger partial charge in [-0.2, -0.15) is 5.10 Å². The number of fused-ring (bicyclic) bond motifs is 1. The SMILES string of the molecule is COC(=O)c1cccc(OCCOCCOc2cc3nn([C@H]4CC[C@H](CO)CC4)cc3cc2Br)n1. The van der Waals surface area contributed by atoms with Crippen molar-refractivity contribution in [2.75, 3.05) is 40.1 Å². The zero-order chi connectivity index (χ0) is 24.6.